The Morgan fingerprint density at radius 1 is 1.16 bits per heavy atom. The second-order valence-electron chi connectivity index (χ2n) is 11.4. The summed E-state index contributed by atoms with van der Waals surface area (Å²) in [7, 11) is 0. The van der Waals surface area contributed by atoms with Gasteiger partial charge < -0.3 is 19.1 Å². The van der Waals surface area contributed by atoms with E-state index in [0.29, 0.717) is 36.0 Å². The molecule has 3 heterocycles. The van der Waals surface area contributed by atoms with Gasteiger partial charge in [-0.2, -0.15) is 5.26 Å². The van der Waals surface area contributed by atoms with Gasteiger partial charge in [-0.15, -0.1) is 0 Å². The third-order valence-electron chi connectivity index (χ3n) is 8.28. The Bertz CT molecular complexity index is 1690. The Balaban J connectivity index is 1.11. The Kier molecular flexibility index (Phi) is 8.19. The summed E-state index contributed by atoms with van der Waals surface area (Å²) < 4.78 is 28.3. The SMILES string of the molecule is N#CCC1(Cn2c(CN3CCC(Oc4cccnc4COc4ccc(Cl)cc4F)CC3)nc3ccc(C(=O)O)cc32)CC1. The lowest BCUT2D eigenvalue weighted by Crippen LogP contribution is -2.38. The number of nitriles is 1. The second-order valence-corrected chi connectivity index (χ2v) is 11.8. The van der Waals surface area contributed by atoms with Gasteiger partial charge in [0.25, 0.3) is 0 Å². The number of aromatic nitrogens is 3. The zero-order chi connectivity index (χ0) is 30.0. The Morgan fingerprint density at radius 2 is 1.98 bits per heavy atom. The fraction of sp³-hybridized carbons (Fsp3) is 0.375. The maximum atomic E-state index is 14.2. The van der Waals surface area contributed by atoms with Crippen LogP contribution in [0, 0.1) is 22.6 Å². The summed E-state index contributed by atoms with van der Waals surface area (Å²) in [5, 5.41) is 19.2. The molecule has 0 amide bonds. The first-order chi connectivity index (χ1) is 20.8. The third-order valence-corrected chi connectivity index (χ3v) is 8.51. The monoisotopic (exact) mass is 603 g/mol. The number of likely N-dealkylation sites (tertiary alicyclic amines) is 1. The van der Waals surface area contributed by atoms with E-state index < -0.39 is 11.8 Å². The summed E-state index contributed by atoms with van der Waals surface area (Å²) in [4.78, 5) is 23.3. The lowest BCUT2D eigenvalue weighted by molar-refractivity contribution is 0.0697. The van der Waals surface area contributed by atoms with Gasteiger partial charge in [0, 0.05) is 42.7 Å². The van der Waals surface area contributed by atoms with Crippen molar-refractivity contribution in [2.45, 2.75) is 57.9 Å². The molecule has 2 aliphatic rings. The van der Waals surface area contributed by atoms with Gasteiger partial charge in [-0.3, -0.25) is 9.88 Å². The smallest absolute Gasteiger partial charge is 0.335 e. The number of carboxylic acids is 1. The van der Waals surface area contributed by atoms with Crippen LogP contribution < -0.4 is 9.47 Å². The van der Waals surface area contributed by atoms with Crippen LogP contribution in [0.2, 0.25) is 5.02 Å². The number of carboxylic acid groups (broad SMARTS) is 1. The number of nitrogens with zero attached hydrogens (tertiary/aromatic N) is 5. The van der Waals surface area contributed by atoms with E-state index in [9.17, 15) is 19.6 Å². The van der Waals surface area contributed by atoms with E-state index >= 15 is 0 Å². The molecule has 43 heavy (non-hydrogen) atoms. The second kappa shape index (κ2) is 12.2. The van der Waals surface area contributed by atoms with Crippen LogP contribution in [0.1, 0.15) is 54.0 Å². The Labute approximate surface area is 253 Å². The van der Waals surface area contributed by atoms with Gasteiger partial charge in [-0.05, 0) is 74.2 Å². The van der Waals surface area contributed by atoms with Crippen molar-refractivity contribution >= 4 is 28.6 Å². The van der Waals surface area contributed by atoms with Crippen molar-refractivity contribution in [2.75, 3.05) is 13.1 Å². The van der Waals surface area contributed by atoms with Crippen molar-refractivity contribution in [1.29, 1.82) is 5.26 Å². The summed E-state index contributed by atoms with van der Waals surface area (Å²) in [5.74, 6) is 0.0731. The van der Waals surface area contributed by atoms with Gasteiger partial charge in [-0.1, -0.05) is 11.6 Å². The van der Waals surface area contributed by atoms with E-state index in [1.807, 2.05) is 6.07 Å². The quantitative estimate of drug-likeness (QED) is 0.214. The van der Waals surface area contributed by atoms with Gasteiger partial charge in [0.05, 0.1) is 29.2 Å². The average Bonchev–Trinajstić information content (AvgIpc) is 3.68. The van der Waals surface area contributed by atoms with Crippen LogP contribution >= 0.6 is 11.6 Å². The minimum atomic E-state index is -0.975. The maximum Gasteiger partial charge on any atom is 0.335 e. The maximum absolute atomic E-state index is 14.2. The van der Waals surface area contributed by atoms with E-state index in [4.69, 9.17) is 26.1 Å². The number of ether oxygens (including phenoxy) is 2. The molecule has 0 spiro atoms. The highest BCUT2D eigenvalue weighted by Crippen LogP contribution is 2.50. The number of aromatic carboxylic acids is 1. The summed E-state index contributed by atoms with van der Waals surface area (Å²) in [5.41, 5.74) is 2.29. The van der Waals surface area contributed by atoms with Gasteiger partial charge in [0.15, 0.2) is 11.6 Å². The van der Waals surface area contributed by atoms with Gasteiger partial charge in [-0.25, -0.2) is 14.2 Å². The molecule has 2 aromatic carbocycles. The van der Waals surface area contributed by atoms with E-state index in [1.54, 1.807) is 36.5 Å². The van der Waals surface area contributed by atoms with Crippen molar-refractivity contribution in [1.82, 2.24) is 19.4 Å². The summed E-state index contributed by atoms with van der Waals surface area (Å²) >= 11 is 5.84. The molecule has 6 rings (SSSR count). The zero-order valence-corrected chi connectivity index (χ0v) is 24.3. The number of carbonyl (C=O) groups is 1. The van der Waals surface area contributed by atoms with Crippen LogP contribution in [0.15, 0.2) is 54.7 Å². The number of hydrogen-bond donors (Lipinski definition) is 1. The molecule has 0 bridgehead atoms. The predicted molar refractivity (Wildman–Crippen MR) is 157 cm³/mol. The summed E-state index contributed by atoms with van der Waals surface area (Å²) in [6.07, 6.45) is 5.66. The Morgan fingerprint density at radius 3 is 2.70 bits per heavy atom. The van der Waals surface area contributed by atoms with Gasteiger partial charge in [0.1, 0.15) is 30.0 Å². The first-order valence-corrected chi connectivity index (χ1v) is 14.7. The van der Waals surface area contributed by atoms with Gasteiger partial charge in [0.2, 0.25) is 0 Å². The molecule has 11 heteroatoms. The number of rotatable bonds is 11. The first-order valence-electron chi connectivity index (χ1n) is 14.3. The minimum absolute atomic E-state index is 0.0197. The largest absolute Gasteiger partial charge is 0.488 e. The van der Waals surface area contributed by atoms with E-state index in [2.05, 4.69) is 20.5 Å². The fourth-order valence-electron chi connectivity index (χ4n) is 5.62. The lowest BCUT2D eigenvalue weighted by atomic mass is 10.0. The van der Waals surface area contributed by atoms with Crippen LogP contribution in [0.25, 0.3) is 11.0 Å². The zero-order valence-electron chi connectivity index (χ0n) is 23.5. The molecule has 1 saturated heterocycles. The average molecular weight is 604 g/mol. The van der Waals surface area contributed by atoms with E-state index in [-0.39, 0.29) is 29.4 Å². The molecular formula is C32H31ClFN5O4. The molecule has 2 fully saturated rings. The number of benzene rings is 2. The highest BCUT2D eigenvalue weighted by atomic mass is 35.5. The molecule has 1 aliphatic carbocycles. The van der Waals surface area contributed by atoms with E-state index in [1.165, 1.54) is 12.1 Å². The number of hydrogen-bond acceptors (Lipinski definition) is 7. The van der Waals surface area contributed by atoms with Crippen molar-refractivity contribution in [3.63, 3.8) is 0 Å². The summed E-state index contributed by atoms with van der Waals surface area (Å²) in [6.45, 7) is 2.91. The van der Waals surface area contributed by atoms with Crippen molar-refractivity contribution in [3.05, 3.63) is 82.6 Å². The van der Waals surface area contributed by atoms with Crippen LogP contribution in [0.3, 0.4) is 0 Å². The molecular weight excluding hydrogens is 573 g/mol. The lowest BCUT2D eigenvalue weighted by Gasteiger charge is -2.32. The molecule has 0 atom stereocenters. The molecule has 0 unspecified atom stereocenters. The number of fused-ring (bicyclic) bond motifs is 1. The van der Waals surface area contributed by atoms with Crippen molar-refractivity contribution in [2.24, 2.45) is 5.41 Å². The molecule has 1 aliphatic heterocycles. The molecule has 222 valence electrons. The van der Waals surface area contributed by atoms with Crippen LogP contribution in [-0.4, -0.2) is 49.7 Å². The molecule has 1 N–H and O–H groups in total. The van der Waals surface area contributed by atoms with Crippen LogP contribution in [0.5, 0.6) is 11.5 Å². The minimum Gasteiger partial charge on any atom is -0.488 e. The molecule has 2 aromatic heterocycles. The Hall–Kier alpha value is -4.20. The molecule has 9 nitrogen and oxygen atoms in total. The molecule has 4 aromatic rings. The predicted octanol–water partition coefficient (Wildman–Crippen LogP) is 6.24. The normalized spacial score (nSPS) is 16.6. The molecule has 1 saturated carbocycles. The fourth-order valence-corrected chi connectivity index (χ4v) is 5.77. The standard InChI is InChI=1S/C32H31ClFN5O4/c33-22-4-6-28(24(34)17-22)42-19-26-29(2-1-13-36-26)43-23-7-14-38(15-8-23)18-30-37-25-5-3-21(31(40)41)16-27(25)39(30)20-32(9-10-32)11-12-35/h1-6,13,16-17,23H,7-11,14-15,18-20H2,(H,40,41). The third kappa shape index (κ3) is 6.58. The highest BCUT2D eigenvalue weighted by molar-refractivity contribution is 6.30. The van der Waals surface area contributed by atoms with E-state index in [0.717, 1.165) is 55.6 Å². The highest BCUT2D eigenvalue weighted by Gasteiger charge is 2.43. The van der Waals surface area contributed by atoms with Crippen LogP contribution in [-0.2, 0) is 19.7 Å². The van der Waals surface area contributed by atoms with Crippen molar-refractivity contribution in [3.8, 4) is 17.6 Å². The number of halogens is 2. The number of pyridine rings is 1. The number of imidazole rings is 1. The van der Waals surface area contributed by atoms with Crippen LogP contribution in [0.4, 0.5) is 4.39 Å². The number of piperidine rings is 1. The van der Waals surface area contributed by atoms with Crippen molar-refractivity contribution < 1.29 is 23.8 Å². The molecule has 0 radical (unpaired) electrons. The topological polar surface area (TPSA) is 114 Å². The summed E-state index contributed by atoms with van der Waals surface area (Å²) in [6, 6.07) is 15.3. The first kappa shape index (κ1) is 28.9. The van der Waals surface area contributed by atoms with Gasteiger partial charge >= 0.3 is 5.97 Å².